The van der Waals surface area contributed by atoms with E-state index in [0.29, 0.717) is 12.3 Å². The molecule has 0 fully saturated rings. The second-order valence-corrected chi connectivity index (χ2v) is 5.87. The van der Waals surface area contributed by atoms with Crippen molar-refractivity contribution in [3.8, 4) is 0 Å². The number of ether oxygens (including phenoxy) is 1. The topological polar surface area (TPSA) is 55.6 Å². The van der Waals surface area contributed by atoms with Crippen LogP contribution in [0.2, 0.25) is 0 Å². The zero-order valence-electron chi connectivity index (χ0n) is 13.6. The van der Waals surface area contributed by atoms with Crippen molar-refractivity contribution in [1.29, 1.82) is 0 Å². The van der Waals surface area contributed by atoms with Gasteiger partial charge in [0.25, 0.3) is 0 Å². The van der Waals surface area contributed by atoms with Gasteiger partial charge >= 0.3 is 5.97 Å². The number of nitrogens with zero attached hydrogens (tertiary/aromatic N) is 1. The molecule has 0 aliphatic carbocycles. The van der Waals surface area contributed by atoms with Crippen LogP contribution in [0.1, 0.15) is 32.8 Å². The van der Waals surface area contributed by atoms with E-state index in [1.165, 1.54) is 7.11 Å². The van der Waals surface area contributed by atoms with Crippen molar-refractivity contribution in [3.05, 3.63) is 35.9 Å². The Morgan fingerprint density at radius 2 is 1.95 bits per heavy atom. The molecule has 0 saturated heterocycles. The molecule has 0 aliphatic rings. The molecule has 1 aromatic carbocycles. The van der Waals surface area contributed by atoms with Crippen molar-refractivity contribution < 1.29 is 9.53 Å². The van der Waals surface area contributed by atoms with Crippen molar-refractivity contribution in [2.24, 2.45) is 11.7 Å². The molecule has 2 N–H and O–H groups in total. The lowest BCUT2D eigenvalue weighted by Crippen LogP contribution is -2.48. The Bertz CT molecular complexity index is 434. The van der Waals surface area contributed by atoms with Gasteiger partial charge in [0.2, 0.25) is 0 Å². The molecule has 0 heterocycles. The van der Waals surface area contributed by atoms with Gasteiger partial charge in [-0.25, -0.2) is 4.79 Å². The number of nitrogens with two attached hydrogens (primary N) is 1. The maximum atomic E-state index is 12.2. The monoisotopic (exact) mass is 292 g/mol. The average Bonchev–Trinajstić information content (AvgIpc) is 2.50. The Morgan fingerprint density at radius 3 is 2.43 bits per heavy atom. The van der Waals surface area contributed by atoms with Crippen molar-refractivity contribution >= 4 is 5.97 Å². The number of carbonyl (C=O) groups is 1. The fraction of sp³-hybridized carbons (Fsp3) is 0.588. The molecule has 1 atom stereocenters. The minimum atomic E-state index is -1.08. The number of rotatable bonds is 8. The Hall–Kier alpha value is -1.39. The smallest absolute Gasteiger partial charge is 0.330 e. The van der Waals surface area contributed by atoms with Gasteiger partial charge < -0.3 is 15.4 Å². The number of benzene rings is 1. The molecular formula is C17H28N2O2. The van der Waals surface area contributed by atoms with E-state index in [1.54, 1.807) is 0 Å². The summed E-state index contributed by atoms with van der Waals surface area (Å²) in [6, 6.07) is 9.47. The zero-order chi connectivity index (χ0) is 15.9. The van der Waals surface area contributed by atoms with E-state index in [9.17, 15) is 4.79 Å². The van der Waals surface area contributed by atoms with E-state index in [-0.39, 0.29) is 5.97 Å². The van der Waals surface area contributed by atoms with Crippen molar-refractivity contribution in [3.63, 3.8) is 0 Å². The van der Waals surface area contributed by atoms with Crippen LogP contribution in [0, 0.1) is 5.92 Å². The van der Waals surface area contributed by atoms with Crippen LogP contribution in [0.15, 0.2) is 30.3 Å². The zero-order valence-corrected chi connectivity index (χ0v) is 13.6. The molecule has 0 spiro atoms. The van der Waals surface area contributed by atoms with Crippen molar-refractivity contribution in [2.75, 3.05) is 26.7 Å². The molecule has 1 rings (SSSR count). The van der Waals surface area contributed by atoms with Gasteiger partial charge in [-0.1, -0.05) is 51.1 Å². The second-order valence-electron chi connectivity index (χ2n) is 5.87. The third kappa shape index (κ3) is 4.83. The van der Waals surface area contributed by atoms with Gasteiger partial charge in [-0.05, 0) is 24.4 Å². The second kappa shape index (κ2) is 8.15. The quantitative estimate of drug-likeness (QED) is 0.747. The van der Waals surface area contributed by atoms with Crippen LogP contribution in [0.4, 0.5) is 0 Å². The fourth-order valence-electron chi connectivity index (χ4n) is 2.51. The molecule has 4 heteroatoms. The fourth-order valence-corrected chi connectivity index (χ4v) is 2.51. The normalized spacial score (nSPS) is 14.2. The summed E-state index contributed by atoms with van der Waals surface area (Å²) in [7, 11) is 1.39. The maximum absolute atomic E-state index is 12.2. The van der Waals surface area contributed by atoms with Gasteiger partial charge in [-0.2, -0.15) is 0 Å². The van der Waals surface area contributed by atoms with Gasteiger partial charge in [-0.3, -0.25) is 0 Å². The van der Waals surface area contributed by atoms with E-state index in [0.717, 1.165) is 25.2 Å². The summed E-state index contributed by atoms with van der Waals surface area (Å²) >= 11 is 0. The molecule has 4 nitrogen and oxygen atoms in total. The van der Waals surface area contributed by atoms with Crippen LogP contribution < -0.4 is 5.73 Å². The highest BCUT2D eigenvalue weighted by atomic mass is 16.5. The molecule has 0 radical (unpaired) electrons. The van der Waals surface area contributed by atoms with Crippen molar-refractivity contribution in [1.82, 2.24) is 4.90 Å². The highest BCUT2D eigenvalue weighted by Gasteiger charge is 2.37. The van der Waals surface area contributed by atoms with Crippen LogP contribution in [-0.4, -0.2) is 37.6 Å². The standard InChI is InChI=1S/C17H28N2O2/c1-5-19(13-14(2)3)12-11-17(18,16(20)21-4)15-9-7-6-8-10-15/h6-10,14H,5,11-13,18H2,1-4H3. The SMILES string of the molecule is CCN(CCC(N)(C(=O)OC)c1ccccc1)CC(C)C. The van der Waals surface area contributed by atoms with Crippen LogP contribution >= 0.6 is 0 Å². The summed E-state index contributed by atoms with van der Waals surface area (Å²) < 4.78 is 4.93. The van der Waals surface area contributed by atoms with Gasteiger partial charge in [-0.15, -0.1) is 0 Å². The molecule has 0 saturated carbocycles. The Morgan fingerprint density at radius 1 is 1.33 bits per heavy atom. The first-order valence-electron chi connectivity index (χ1n) is 7.59. The summed E-state index contributed by atoms with van der Waals surface area (Å²) in [5, 5.41) is 0. The first kappa shape index (κ1) is 17.7. The Kier molecular flexibility index (Phi) is 6.85. The molecule has 1 unspecified atom stereocenters. The van der Waals surface area contributed by atoms with Gasteiger partial charge in [0, 0.05) is 13.1 Å². The van der Waals surface area contributed by atoms with E-state index >= 15 is 0 Å². The van der Waals surface area contributed by atoms with Crippen LogP contribution in [0.3, 0.4) is 0 Å². The summed E-state index contributed by atoms with van der Waals surface area (Å²) in [6.45, 7) is 9.23. The molecular weight excluding hydrogens is 264 g/mol. The number of hydrogen-bond donors (Lipinski definition) is 1. The van der Waals surface area contributed by atoms with Gasteiger partial charge in [0.1, 0.15) is 5.54 Å². The minimum absolute atomic E-state index is 0.380. The number of esters is 1. The summed E-state index contributed by atoms with van der Waals surface area (Å²) in [4.78, 5) is 14.5. The lowest BCUT2D eigenvalue weighted by atomic mass is 9.87. The highest BCUT2D eigenvalue weighted by Crippen LogP contribution is 2.24. The van der Waals surface area contributed by atoms with Gasteiger partial charge in [0.15, 0.2) is 0 Å². The van der Waals surface area contributed by atoms with Crippen molar-refractivity contribution in [2.45, 2.75) is 32.7 Å². The third-order valence-corrected chi connectivity index (χ3v) is 3.73. The molecule has 0 aromatic heterocycles. The van der Waals surface area contributed by atoms with Gasteiger partial charge in [0.05, 0.1) is 7.11 Å². The van der Waals surface area contributed by atoms with E-state index in [1.807, 2.05) is 30.3 Å². The van der Waals surface area contributed by atoms with E-state index in [2.05, 4.69) is 25.7 Å². The minimum Gasteiger partial charge on any atom is -0.467 e. The van der Waals surface area contributed by atoms with Crippen LogP contribution in [0.25, 0.3) is 0 Å². The lowest BCUT2D eigenvalue weighted by Gasteiger charge is -2.31. The first-order chi connectivity index (χ1) is 9.93. The molecule has 0 amide bonds. The molecule has 0 aliphatic heterocycles. The van der Waals surface area contributed by atoms with Crippen LogP contribution in [0.5, 0.6) is 0 Å². The predicted octanol–water partition coefficient (Wildman–Crippen LogP) is 2.38. The summed E-state index contributed by atoms with van der Waals surface area (Å²) in [5.41, 5.74) is 6.13. The molecule has 21 heavy (non-hydrogen) atoms. The summed E-state index contributed by atoms with van der Waals surface area (Å²) in [6.07, 6.45) is 0.546. The first-order valence-corrected chi connectivity index (χ1v) is 7.59. The molecule has 1 aromatic rings. The predicted molar refractivity (Wildman–Crippen MR) is 85.9 cm³/mol. The number of carbonyl (C=O) groups excluding carboxylic acids is 1. The highest BCUT2D eigenvalue weighted by molar-refractivity contribution is 5.82. The Labute approximate surface area is 128 Å². The number of hydrogen-bond acceptors (Lipinski definition) is 4. The lowest BCUT2D eigenvalue weighted by molar-refractivity contribution is -0.148. The maximum Gasteiger partial charge on any atom is 0.330 e. The van der Waals surface area contributed by atoms with Crippen LogP contribution in [-0.2, 0) is 15.1 Å². The Balaban J connectivity index is 2.87. The van der Waals surface area contributed by atoms with E-state index < -0.39 is 5.54 Å². The molecule has 0 bridgehead atoms. The molecule has 118 valence electrons. The summed E-state index contributed by atoms with van der Waals surface area (Å²) in [5.74, 6) is 0.210. The average molecular weight is 292 g/mol. The largest absolute Gasteiger partial charge is 0.467 e. The van der Waals surface area contributed by atoms with E-state index in [4.69, 9.17) is 10.5 Å². The number of methoxy groups -OCH3 is 1. The third-order valence-electron chi connectivity index (χ3n) is 3.73.